The largest absolute Gasteiger partial charge is 0.268 e. The molecule has 0 aromatic heterocycles. The molecule has 2 heterocycles. The summed E-state index contributed by atoms with van der Waals surface area (Å²) in [5.74, 6) is 0. The smallest absolute Gasteiger partial charge is 0.0494 e. The van der Waals surface area contributed by atoms with Crippen molar-refractivity contribution < 1.29 is 0 Å². The molecule has 12 heavy (non-hydrogen) atoms. The van der Waals surface area contributed by atoms with Crippen molar-refractivity contribution in [3.8, 4) is 0 Å². The molecular formula is C10H16N2. The van der Waals surface area contributed by atoms with E-state index in [9.17, 15) is 0 Å². The highest BCUT2D eigenvalue weighted by Gasteiger charge is 2.20. The van der Waals surface area contributed by atoms with Crippen LogP contribution in [0.1, 0.15) is 39.0 Å². The molecule has 2 aliphatic rings. The quantitative estimate of drug-likeness (QED) is 0.537. The van der Waals surface area contributed by atoms with Crippen molar-refractivity contribution in [1.82, 2.24) is 5.01 Å². The first-order valence-corrected chi connectivity index (χ1v) is 4.88. The van der Waals surface area contributed by atoms with Gasteiger partial charge in [-0.25, -0.2) is 0 Å². The van der Waals surface area contributed by atoms with Gasteiger partial charge in [-0.2, -0.15) is 5.10 Å². The number of hydrogen-bond acceptors (Lipinski definition) is 2. The summed E-state index contributed by atoms with van der Waals surface area (Å²) in [6, 6.07) is 0.607. The van der Waals surface area contributed by atoms with E-state index in [0.717, 1.165) is 6.42 Å². The van der Waals surface area contributed by atoms with Crippen molar-refractivity contribution in [2.45, 2.75) is 45.1 Å². The fourth-order valence-corrected chi connectivity index (χ4v) is 1.97. The lowest BCUT2D eigenvalue weighted by Gasteiger charge is -2.28. The third-order valence-corrected chi connectivity index (χ3v) is 2.68. The lowest BCUT2D eigenvalue weighted by atomic mass is 10.1. The molecule has 0 aliphatic carbocycles. The van der Waals surface area contributed by atoms with Crippen LogP contribution in [0.2, 0.25) is 0 Å². The van der Waals surface area contributed by atoms with Crippen LogP contribution < -0.4 is 0 Å². The Balaban J connectivity index is 2.18. The second-order valence-electron chi connectivity index (χ2n) is 3.67. The normalized spacial score (nSPS) is 29.2. The summed E-state index contributed by atoms with van der Waals surface area (Å²) in [4.78, 5) is 0. The Bertz CT molecular complexity index is 218. The van der Waals surface area contributed by atoms with Crippen molar-refractivity contribution in [2.75, 3.05) is 0 Å². The van der Waals surface area contributed by atoms with Crippen LogP contribution in [0.25, 0.3) is 0 Å². The molecule has 0 bridgehead atoms. The van der Waals surface area contributed by atoms with Crippen molar-refractivity contribution in [3.63, 3.8) is 0 Å². The topological polar surface area (TPSA) is 15.6 Å². The molecule has 2 heteroatoms. The zero-order valence-corrected chi connectivity index (χ0v) is 7.66. The SMILES string of the molecule is CC1CCCCC2=CCC=NN21. The minimum Gasteiger partial charge on any atom is -0.268 e. The molecule has 0 aromatic carbocycles. The summed E-state index contributed by atoms with van der Waals surface area (Å²) in [7, 11) is 0. The third-order valence-electron chi connectivity index (χ3n) is 2.68. The molecule has 1 fully saturated rings. The van der Waals surface area contributed by atoms with E-state index in [1.54, 1.807) is 0 Å². The van der Waals surface area contributed by atoms with Crippen LogP contribution >= 0.6 is 0 Å². The average Bonchev–Trinajstić information content (AvgIpc) is 2.29. The van der Waals surface area contributed by atoms with Gasteiger partial charge in [-0.1, -0.05) is 12.5 Å². The van der Waals surface area contributed by atoms with Gasteiger partial charge in [0.2, 0.25) is 0 Å². The molecule has 0 amide bonds. The van der Waals surface area contributed by atoms with E-state index in [1.807, 2.05) is 6.21 Å². The van der Waals surface area contributed by atoms with Crippen molar-refractivity contribution in [1.29, 1.82) is 0 Å². The van der Waals surface area contributed by atoms with Gasteiger partial charge in [0, 0.05) is 24.4 Å². The van der Waals surface area contributed by atoms with Crippen molar-refractivity contribution in [2.24, 2.45) is 5.10 Å². The number of nitrogens with zero attached hydrogens (tertiary/aromatic N) is 2. The lowest BCUT2D eigenvalue weighted by molar-refractivity contribution is 0.271. The predicted molar refractivity (Wildman–Crippen MR) is 51.0 cm³/mol. The molecule has 1 saturated heterocycles. The molecule has 2 nitrogen and oxygen atoms in total. The molecule has 0 saturated carbocycles. The van der Waals surface area contributed by atoms with Crippen LogP contribution in [0.5, 0.6) is 0 Å². The van der Waals surface area contributed by atoms with E-state index in [0.29, 0.717) is 6.04 Å². The highest BCUT2D eigenvalue weighted by molar-refractivity contribution is 5.60. The highest BCUT2D eigenvalue weighted by atomic mass is 15.5. The maximum absolute atomic E-state index is 4.43. The predicted octanol–water partition coefficient (Wildman–Crippen LogP) is 2.52. The number of hydrazone groups is 1. The lowest BCUT2D eigenvalue weighted by Crippen LogP contribution is -2.27. The maximum Gasteiger partial charge on any atom is 0.0494 e. The van der Waals surface area contributed by atoms with E-state index >= 15 is 0 Å². The summed E-state index contributed by atoms with van der Waals surface area (Å²) in [5, 5.41) is 6.64. The Morgan fingerprint density at radius 2 is 2.42 bits per heavy atom. The second-order valence-corrected chi connectivity index (χ2v) is 3.67. The van der Waals surface area contributed by atoms with Gasteiger partial charge in [0.15, 0.2) is 0 Å². The molecule has 2 rings (SSSR count). The summed E-state index contributed by atoms with van der Waals surface area (Å²) in [6.07, 6.45) is 10.5. The zero-order valence-electron chi connectivity index (χ0n) is 7.66. The molecule has 2 aliphatic heterocycles. The van der Waals surface area contributed by atoms with Gasteiger partial charge in [-0.05, 0) is 26.2 Å². The van der Waals surface area contributed by atoms with Crippen molar-refractivity contribution >= 4 is 6.21 Å². The average molecular weight is 164 g/mol. The van der Waals surface area contributed by atoms with Crippen LogP contribution in [0.3, 0.4) is 0 Å². The number of allylic oxidation sites excluding steroid dienone is 2. The van der Waals surface area contributed by atoms with Crippen LogP contribution in [0.4, 0.5) is 0 Å². The fraction of sp³-hybridized carbons (Fsp3) is 0.700. The standard InChI is InChI=1S/C10H16N2/c1-9-5-2-3-6-10-7-4-8-11-12(9)10/h7-9H,2-6H2,1H3. The Hall–Kier alpha value is -0.790. The minimum atomic E-state index is 0.607. The van der Waals surface area contributed by atoms with Gasteiger partial charge >= 0.3 is 0 Å². The molecule has 0 spiro atoms. The molecule has 1 atom stereocenters. The second kappa shape index (κ2) is 3.30. The van der Waals surface area contributed by atoms with Crippen LogP contribution in [-0.4, -0.2) is 17.3 Å². The molecule has 0 radical (unpaired) electrons. The van der Waals surface area contributed by atoms with Gasteiger partial charge in [-0.3, -0.25) is 5.01 Å². The monoisotopic (exact) mass is 164 g/mol. The summed E-state index contributed by atoms with van der Waals surface area (Å²) in [5.41, 5.74) is 1.45. The first kappa shape index (κ1) is 7.84. The molecular weight excluding hydrogens is 148 g/mol. The first-order valence-electron chi connectivity index (χ1n) is 4.88. The van der Waals surface area contributed by atoms with Crippen LogP contribution in [0.15, 0.2) is 16.9 Å². The van der Waals surface area contributed by atoms with Crippen LogP contribution in [0, 0.1) is 0 Å². The van der Waals surface area contributed by atoms with Gasteiger partial charge < -0.3 is 0 Å². The Kier molecular flexibility index (Phi) is 2.15. The third kappa shape index (κ3) is 1.38. The Morgan fingerprint density at radius 1 is 1.50 bits per heavy atom. The first-order chi connectivity index (χ1) is 5.88. The zero-order chi connectivity index (χ0) is 8.39. The number of hydrogen-bond donors (Lipinski definition) is 0. The Morgan fingerprint density at radius 3 is 3.33 bits per heavy atom. The molecule has 1 unspecified atom stereocenters. The molecule has 0 N–H and O–H groups in total. The van der Waals surface area contributed by atoms with E-state index in [-0.39, 0.29) is 0 Å². The molecule has 66 valence electrons. The van der Waals surface area contributed by atoms with E-state index in [4.69, 9.17) is 0 Å². The van der Waals surface area contributed by atoms with Crippen LogP contribution in [-0.2, 0) is 0 Å². The van der Waals surface area contributed by atoms with Crippen molar-refractivity contribution in [3.05, 3.63) is 11.8 Å². The van der Waals surface area contributed by atoms with Gasteiger partial charge in [-0.15, -0.1) is 0 Å². The van der Waals surface area contributed by atoms with Gasteiger partial charge in [0.1, 0.15) is 0 Å². The van der Waals surface area contributed by atoms with E-state index in [1.165, 1.54) is 31.4 Å². The highest BCUT2D eigenvalue weighted by Crippen LogP contribution is 2.26. The summed E-state index contributed by atoms with van der Waals surface area (Å²) in [6.45, 7) is 2.27. The van der Waals surface area contributed by atoms with E-state index < -0.39 is 0 Å². The molecule has 0 aromatic rings. The Labute approximate surface area is 73.9 Å². The van der Waals surface area contributed by atoms with Gasteiger partial charge in [0.05, 0.1) is 0 Å². The number of rotatable bonds is 0. The van der Waals surface area contributed by atoms with Gasteiger partial charge in [0.25, 0.3) is 0 Å². The number of fused-ring (bicyclic) bond motifs is 1. The summed E-state index contributed by atoms with van der Waals surface area (Å²) < 4.78 is 0. The maximum atomic E-state index is 4.43. The fourth-order valence-electron chi connectivity index (χ4n) is 1.97. The minimum absolute atomic E-state index is 0.607. The van der Waals surface area contributed by atoms with E-state index in [2.05, 4.69) is 23.1 Å². The summed E-state index contributed by atoms with van der Waals surface area (Å²) >= 11 is 0.